The van der Waals surface area contributed by atoms with Crippen molar-refractivity contribution < 1.29 is 4.79 Å². The first-order valence-electron chi connectivity index (χ1n) is 7.83. The van der Waals surface area contributed by atoms with Crippen molar-refractivity contribution in [1.82, 2.24) is 25.1 Å². The summed E-state index contributed by atoms with van der Waals surface area (Å²) in [5, 5.41) is 11.8. The third kappa shape index (κ3) is 3.77. The van der Waals surface area contributed by atoms with Gasteiger partial charge < -0.3 is 4.90 Å². The van der Waals surface area contributed by atoms with Crippen LogP contribution in [0.4, 0.5) is 0 Å². The second-order valence-corrected chi connectivity index (χ2v) is 7.33. The van der Waals surface area contributed by atoms with Crippen LogP contribution in [0.1, 0.15) is 20.3 Å². The highest BCUT2D eigenvalue weighted by molar-refractivity contribution is 9.10. The first-order valence-corrected chi connectivity index (χ1v) is 8.62. The van der Waals surface area contributed by atoms with Gasteiger partial charge in [-0.05, 0) is 40.8 Å². The molecule has 1 aromatic carbocycles. The molecule has 0 N–H and O–H groups in total. The van der Waals surface area contributed by atoms with E-state index >= 15 is 0 Å². The van der Waals surface area contributed by atoms with Gasteiger partial charge in [0.2, 0.25) is 5.91 Å². The predicted octanol–water partition coefficient (Wildman–Crippen LogP) is 2.61. The van der Waals surface area contributed by atoms with Gasteiger partial charge in [-0.15, -0.1) is 5.10 Å². The Bertz CT molecular complexity index is 674. The number of hydrogen-bond acceptors (Lipinski definition) is 4. The van der Waals surface area contributed by atoms with Crippen molar-refractivity contribution >= 4 is 21.8 Å². The summed E-state index contributed by atoms with van der Waals surface area (Å²) in [6.07, 6.45) is 1.18. The Morgan fingerprint density at radius 2 is 1.87 bits per heavy atom. The summed E-state index contributed by atoms with van der Waals surface area (Å²) < 4.78 is 2.57. The lowest BCUT2D eigenvalue weighted by atomic mass is 9.92. The van der Waals surface area contributed by atoms with E-state index in [2.05, 4.69) is 45.3 Å². The van der Waals surface area contributed by atoms with E-state index in [0.717, 1.165) is 23.1 Å². The lowest BCUT2D eigenvalue weighted by Gasteiger charge is -2.35. The lowest BCUT2D eigenvalue weighted by molar-refractivity contribution is -0.134. The van der Waals surface area contributed by atoms with E-state index < -0.39 is 0 Å². The summed E-state index contributed by atoms with van der Waals surface area (Å²) in [6.45, 7) is 6.20. The first-order chi connectivity index (χ1) is 11.0. The number of halogens is 1. The number of carbonyl (C=O) groups is 1. The molecule has 7 heteroatoms. The lowest BCUT2D eigenvalue weighted by Crippen LogP contribution is -2.44. The molecule has 0 unspecified atom stereocenters. The van der Waals surface area contributed by atoms with Gasteiger partial charge in [0.05, 0.1) is 0 Å². The largest absolute Gasteiger partial charge is 0.341 e. The molecule has 3 rings (SSSR count). The molecular weight excluding hydrogens is 358 g/mol. The number of carbonyl (C=O) groups excluding carboxylic acids is 1. The second kappa shape index (κ2) is 6.78. The Labute approximate surface area is 144 Å². The smallest absolute Gasteiger partial charge is 0.244 e. The van der Waals surface area contributed by atoms with Crippen molar-refractivity contribution in [3.05, 3.63) is 28.7 Å². The number of hydrogen-bond donors (Lipinski definition) is 0. The molecule has 122 valence electrons. The van der Waals surface area contributed by atoms with Crippen LogP contribution in [0.5, 0.6) is 0 Å². The molecular formula is C16H20BrN5O. The number of likely N-dealkylation sites (tertiary alicyclic amines) is 1. The SMILES string of the molecule is C[C@@H]1C[C@@H](C)CN(C(=O)Cn2nnnc2-c2ccc(Br)cc2)C1. The Kier molecular flexibility index (Phi) is 4.75. The number of aromatic nitrogens is 4. The normalized spacial score (nSPS) is 21.4. The maximum Gasteiger partial charge on any atom is 0.244 e. The summed E-state index contributed by atoms with van der Waals surface area (Å²) >= 11 is 3.41. The van der Waals surface area contributed by atoms with Crippen LogP contribution in [0, 0.1) is 11.8 Å². The number of piperidine rings is 1. The Morgan fingerprint density at radius 1 is 1.22 bits per heavy atom. The summed E-state index contributed by atoms with van der Waals surface area (Å²) in [5.74, 6) is 1.78. The van der Waals surface area contributed by atoms with Crippen LogP contribution < -0.4 is 0 Å². The molecule has 0 spiro atoms. The van der Waals surface area contributed by atoms with E-state index in [1.165, 1.54) is 6.42 Å². The zero-order chi connectivity index (χ0) is 16.4. The number of benzene rings is 1. The molecule has 6 nitrogen and oxygen atoms in total. The van der Waals surface area contributed by atoms with Crippen molar-refractivity contribution in [2.45, 2.75) is 26.8 Å². The molecule has 1 amide bonds. The van der Waals surface area contributed by atoms with E-state index in [4.69, 9.17) is 0 Å². The van der Waals surface area contributed by atoms with Crippen molar-refractivity contribution in [3.8, 4) is 11.4 Å². The van der Waals surface area contributed by atoms with Gasteiger partial charge in [-0.2, -0.15) is 0 Å². The van der Waals surface area contributed by atoms with E-state index in [-0.39, 0.29) is 12.5 Å². The van der Waals surface area contributed by atoms with Crippen LogP contribution >= 0.6 is 15.9 Å². The monoisotopic (exact) mass is 377 g/mol. The summed E-state index contributed by atoms with van der Waals surface area (Å²) in [4.78, 5) is 14.5. The summed E-state index contributed by atoms with van der Waals surface area (Å²) in [5.41, 5.74) is 0.895. The van der Waals surface area contributed by atoms with E-state index in [0.29, 0.717) is 17.7 Å². The standard InChI is InChI=1S/C16H20BrN5O/c1-11-7-12(2)9-21(8-11)15(23)10-22-16(18-19-20-22)13-3-5-14(17)6-4-13/h3-6,11-12H,7-10H2,1-2H3/t11-,12-/m1/s1. The number of tetrazole rings is 1. The topological polar surface area (TPSA) is 63.9 Å². The quantitative estimate of drug-likeness (QED) is 0.824. The molecule has 0 aliphatic carbocycles. The molecule has 2 atom stereocenters. The average molecular weight is 378 g/mol. The number of amides is 1. The first kappa shape index (κ1) is 16.1. The van der Waals surface area contributed by atoms with Crippen molar-refractivity contribution in [2.24, 2.45) is 11.8 Å². The number of rotatable bonds is 3. The van der Waals surface area contributed by atoms with Gasteiger partial charge in [-0.3, -0.25) is 4.79 Å². The zero-order valence-corrected chi connectivity index (χ0v) is 14.9. The predicted molar refractivity (Wildman–Crippen MR) is 90.5 cm³/mol. The van der Waals surface area contributed by atoms with Crippen LogP contribution in [-0.4, -0.2) is 44.1 Å². The molecule has 0 radical (unpaired) electrons. The van der Waals surface area contributed by atoms with E-state index in [1.54, 1.807) is 4.68 Å². The third-order valence-corrected chi connectivity index (χ3v) is 4.67. The van der Waals surface area contributed by atoms with Crippen molar-refractivity contribution in [3.63, 3.8) is 0 Å². The minimum Gasteiger partial charge on any atom is -0.341 e. The average Bonchev–Trinajstić information content (AvgIpc) is 2.95. The van der Waals surface area contributed by atoms with Crippen LogP contribution in [0.3, 0.4) is 0 Å². The number of nitrogens with zero attached hydrogens (tertiary/aromatic N) is 5. The van der Waals surface area contributed by atoms with Gasteiger partial charge in [0.1, 0.15) is 6.54 Å². The fourth-order valence-electron chi connectivity index (χ4n) is 3.21. The highest BCUT2D eigenvalue weighted by Crippen LogP contribution is 2.22. The molecule has 1 aliphatic heterocycles. The van der Waals surface area contributed by atoms with Crippen molar-refractivity contribution in [2.75, 3.05) is 13.1 Å². The van der Waals surface area contributed by atoms with Gasteiger partial charge in [-0.25, -0.2) is 4.68 Å². The molecule has 1 aliphatic rings. The Morgan fingerprint density at radius 3 is 2.52 bits per heavy atom. The molecule has 2 aromatic rings. The Balaban J connectivity index is 1.75. The van der Waals surface area contributed by atoms with Gasteiger partial charge >= 0.3 is 0 Å². The van der Waals surface area contributed by atoms with Crippen LogP contribution in [-0.2, 0) is 11.3 Å². The molecule has 1 saturated heterocycles. The minimum absolute atomic E-state index is 0.0778. The van der Waals surface area contributed by atoms with Gasteiger partial charge in [0.15, 0.2) is 5.82 Å². The van der Waals surface area contributed by atoms with Crippen LogP contribution in [0.2, 0.25) is 0 Å². The molecule has 1 aromatic heterocycles. The minimum atomic E-state index is 0.0778. The second-order valence-electron chi connectivity index (χ2n) is 6.41. The fourth-order valence-corrected chi connectivity index (χ4v) is 3.48. The van der Waals surface area contributed by atoms with Crippen LogP contribution in [0.25, 0.3) is 11.4 Å². The van der Waals surface area contributed by atoms with Crippen LogP contribution in [0.15, 0.2) is 28.7 Å². The molecule has 0 saturated carbocycles. The van der Waals surface area contributed by atoms with E-state index in [1.807, 2.05) is 29.2 Å². The maximum absolute atomic E-state index is 12.6. The van der Waals surface area contributed by atoms with Gasteiger partial charge in [0, 0.05) is 23.1 Å². The molecule has 23 heavy (non-hydrogen) atoms. The molecule has 2 heterocycles. The third-order valence-electron chi connectivity index (χ3n) is 4.14. The highest BCUT2D eigenvalue weighted by Gasteiger charge is 2.26. The Hall–Kier alpha value is -1.76. The van der Waals surface area contributed by atoms with E-state index in [9.17, 15) is 4.79 Å². The molecule has 1 fully saturated rings. The van der Waals surface area contributed by atoms with Gasteiger partial charge in [-0.1, -0.05) is 41.9 Å². The van der Waals surface area contributed by atoms with Gasteiger partial charge in [0.25, 0.3) is 0 Å². The van der Waals surface area contributed by atoms with Crippen molar-refractivity contribution in [1.29, 1.82) is 0 Å². The highest BCUT2D eigenvalue weighted by atomic mass is 79.9. The summed E-state index contributed by atoms with van der Waals surface area (Å²) in [7, 11) is 0. The molecule has 0 bridgehead atoms. The summed E-state index contributed by atoms with van der Waals surface area (Å²) in [6, 6.07) is 7.73. The fraction of sp³-hybridized carbons (Fsp3) is 0.500. The zero-order valence-electron chi connectivity index (χ0n) is 13.3. The maximum atomic E-state index is 12.6.